The summed E-state index contributed by atoms with van der Waals surface area (Å²) < 4.78 is 24.1. The number of piperidine rings is 1. The van der Waals surface area contributed by atoms with Crippen molar-refractivity contribution in [1.29, 1.82) is 0 Å². The van der Waals surface area contributed by atoms with Gasteiger partial charge in [-0.25, -0.2) is 8.42 Å². The van der Waals surface area contributed by atoms with E-state index in [0.29, 0.717) is 5.69 Å². The molecule has 1 fully saturated rings. The predicted octanol–water partition coefficient (Wildman–Crippen LogP) is 2.98. The maximum atomic E-state index is 10.8. The average Bonchev–Trinajstić information content (AvgIpc) is 2.62. The van der Waals surface area contributed by atoms with Crippen molar-refractivity contribution >= 4 is 22.2 Å². The SMILES string of the molecule is O=[SH](=O)Nc1ccc(C2=CC3(CCNCC3)Cc3ccccc32)cc1. The maximum absolute atomic E-state index is 10.8. The molecule has 0 bridgehead atoms. The summed E-state index contributed by atoms with van der Waals surface area (Å²) in [6, 6.07) is 16.3. The van der Waals surface area contributed by atoms with Crippen LogP contribution >= 0.6 is 0 Å². The van der Waals surface area contributed by atoms with E-state index in [9.17, 15) is 8.42 Å². The number of benzene rings is 2. The van der Waals surface area contributed by atoms with Crippen molar-refractivity contribution in [3.8, 4) is 0 Å². The first-order chi connectivity index (χ1) is 12.2. The summed E-state index contributed by atoms with van der Waals surface area (Å²) in [7, 11) is -2.63. The van der Waals surface area contributed by atoms with E-state index in [1.165, 1.54) is 16.7 Å². The van der Waals surface area contributed by atoms with Gasteiger partial charge in [-0.2, -0.15) is 0 Å². The van der Waals surface area contributed by atoms with E-state index in [-0.39, 0.29) is 5.41 Å². The Morgan fingerprint density at radius 3 is 2.40 bits per heavy atom. The normalized spacial score (nSPS) is 18.7. The van der Waals surface area contributed by atoms with Crippen LogP contribution in [0.5, 0.6) is 0 Å². The van der Waals surface area contributed by atoms with Crippen molar-refractivity contribution < 1.29 is 8.42 Å². The summed E-state index contributed by atoms with van der Waals surface area (Å²) in [4.78, 5) is 0. The summed E-state index contributed by atoms with van der Waals surface area (Å²) in [5.41, 5.74) is 5.93. The number of thiol groups is 1. The van der Waals surface area contributed by atoms with Crippen molar-refractivity contribution in [2.45, 2.75) is 19.3 Å². The Morgan fingerprint density at radius 2 is 1.68 bits per heavy atom. The highest BCUT2D eigenvalue weighted by Crippen LogP contribution is 2.44. The van der Waals surface area contributed by atoms with E-state index in [4.69, 9.17) is 0 Å². The molecule has 0 unspecified atom stereocenters. The van der Waals surface area contributed by atoms with Gasteiger partial charge in [-0.1, -0.05) is 42.5 Å². The highest BCUT2D eigenvalue weighted by atomic mass is 32.2. The maximum Gasteiger partial charge on any atom is 0.222 e. The van der Waals surface area contributed by atoms with Gasteiger partial charge < -0.3 is 5.32 Å². The van der Waals surface area contributed by atoms with Crippen molar-refractivity contribution in [1.82, 2.24) is 5.32 Å². The van der Waals surface area contributed by atoms with Crippen LogP contribution in [0.1, 0.15) is 29.5 Å². The van der Waals surface area contributed by atoms with E-state index in [2.05, 4.69) is 40.4 Å². The lowest BCUT2D eigenvalue weighted by atomic mass is 9.67. The van der Waals surface area contributed by atoms with Crippen LogP contribution in [0, 0.1) is 5.41 Å². The summed E-state index contributed by atoms with van der Waals surface area (Å²) in [6.07, 6.45) is 5.87. The molecule has 1 heterocycles. The summed E-state index contributed by atoms with van der Waals surface area (Å²) in [5, 5.41) is 3.47. The molecule has 0 amide bonds. The second-order valence-electron chi connectivity index (χ2n) is 6.95. The van der Waals surface area contributed by atoms with E-state index in [0.717, 1.165) is 37.9 Å². The molecule has 25 heavy (non-hydrogen) atoms. The molecule has 0 radical (unpaired) electrons. The molecule has 1 aliphatic carbocycles. The summed E-state index contributed by atoms with van der Waals surface area (Å²) in [5.74, 6) is 0. The zero-order chi connectivity index (χ0) is 17.3. The lowest BCUT2D eigenvalue weighted by molar-refractivity contribution is 0.268. The fraction of sp³-hybridized carbons (Fsp3) is 0.300. The molecule has 1 spiro atoms. The molecule has 4 rings (SSSR count). The fourth-order valence-electron chi connectivity index (χ4n) is 4.07. The average molecular weight is 354 g/mol. The zero-order valence-corrected chi connectivity index (χ0v) is 14.9. The van der Waals surface area contributed by atoms with Gasteiger partial charge in [0.1, 0.15) is 0 Å². The number of rotatable bonds is 3. The minimum absolute atomic E-state index is 0.226. The van der Waals surface area contributed by atoms with E-state index < -0.39 is 10.9 Å². The van der Waals surface area contributed by atoms with Crippen LogP contribution in [-0.2, 0) is 17.3 Å². The monoisotopic (exact) mass is 354 g/mol. The smallest absolute Gasteiger partial charge is 0.222 e. The molecule has 4 nitrogen and oxygen atoms in total. The number of hydrogen-bond acceptors (Lipinski definition) is 3. The van der Waals surface area contributed by atoms with E-state index in [1.54, 1.807) is 0 Å². The Balaban J connectivity index is 1.76. The van der Waals surface area contributed by atoms with Crippen LogP contribution in [0.2, 0.25) is 0 Å². The van der Waals surface area contributed by atoms with Crippen molar-refractivity contribution in [3.05, 3.63) is 71.3 Å². The topological polar surface area (TPSA) is 58.2 Å². The molecule has 2 N–H and O–H groups in total. The predicted molar refractivity (Wildman–Crippen MR) is 102 cm³/mol. The number of anilines is 1. The summed E-state index contributed by atoms with van der Waals surface area (Å²) in [6.45, 7) is 2.12. The molecule has 0 saturated carbocycles. The lowest BCUT2D eigenvalue weighted by Gasteiger charge is -2.39. The van der Waals surface area contributed by atoms with Crippen LogP contribution in [0.3, 0.4) is 0 Å². The molecule has 0 atom stereocenters. The number of fused-ring (bicyclic) bond motifs is 1. The van der Waals surface area contributed by atoms with Gasteiger partial charge in [-0.15, -0.1) is 0 Å². The first-order valence-electron chi connectivity index (χ1n) is 8.69. The molecule has 2 aromatic rings. The van der Waals surface area contributed by atoms with Gasteiger partial charge in [-0.3, -0.25) is 4.72 Å². The third-order valence-electron chi connectivity index (χ3n) is 5.32. The first kappa shape index (κ1) is 16.4. The second-order valence-corrected chi connectivity index (χ2v) is 7.69. The van der Waals surface area contributed by atoms with Gasteiger partial charge in [0.25, 0.3) is 0 Å². The van der Waals surface area contributed by atoms with Crippen molar-refractivity contribution in [3.63, 3.8) is 0 Å². The third kappa shape index (κ3) is 3.34. The van der Waals surface area contributed by atoms with Crippen molar-refractivity contribution in [2.24, 2.45) is 5.41 Å². The minimum atomic E-state index is -2.63. The van der Waals surface area contributed by atoms with E-state index in [1.807, 2.05) is 24.3 Å². The van der Waals surface area contributed by atoms with Gasteiger partial charge >= 0.3 is 0 Å². The lowest BCUT2D eigenvalue weighted by Crippen LogP contribution is -2.38. The van der Waals surface area contributed by atoms with Gasteiger partial charge in [-0.05, 0) is 72.2 Å². The molecule has 130 valence electrons. The Bertz CT molecular complexity index is 871. The van der Waals surface area contributed by atoms with Crippen LogP contribution in [0.4, 0.5) is 5.69 Å². The molecular formula is C20H22N2O2S. The van der Waals surface area contributed by atoms with E-state index >= 15 is 0 Å². The third-order valence-corrected chi connectivity index (χ3v) is 5.76. The Morgan fingerprint density at radius 1 is 0.960 bits per heavy atom. The molecular weight excluding hydrogens is 332 g/mol. The quantitative estimate of drug-likeness (QED) is 0.743. The highest BCUT2D eigenvalue weighted by Gasteiger charge is 2.34. The second kappa shape index (κ2) is 6.65. The summed E-state index contributed by atoms with van der Waals surface area (Å²) >= 11 is 0. The minimum Gasteiger partial charge on any atom is -0.317 e. The molecule has 1 aliphatic heterocycles. The molecule has 1 saturated heterocycles. The zero-order valence-electron chi connectivity index (χ0n) is 14.0. The van der Waals surface area contributed by atoms with Crippen molar-refractivity contribution in [2.75, 3.05) is 17.8 Å². The van der Waals surface area contributed by atoms with Crippen LogP contribution in [0.15, 0.2) is 54.6 Å². The number of hydrogen-bond donors (Lipinski definition) is 3. The Kier molecular flexibility index (Phi) is 4.36. The molecule has 5 heteroatoms. The van der Waals surface area contributed by atoms with Crippen LogP contribution in [0.25, 0.3) is 5.57 Å². The Labute approximate surface area is 150 Å². The standard InChI is InChI=1S/C20H22N2O2S/c23-25(24)22-17-7-5-15(6-8-17)19-14-20(9-11-21-12-10-20)13-16-3-1-2-4-18(16)19/h1-8,14,21,25H,9-13H2,(H,22,23,24). The van der Waals surface area contributed by atoms with Gasteiger partial charge in [0, 0.05) is 5.69 Å². The first-order valence-corrected chi connectivity index (χ1v) is 9.86. The molecule has 2 aliphatic rings. The largest absolute Gasteiger partial charge is 0.317 e. The fourth-order valence-corrected chi connectivity index (χ4v) is 4.43. The van der Waals surface area contributed by atoms with Gasteiger partial charge in [0.2, 0.25) is 10.9 Å². The molecule has 2 aromatic carbocycles. The highest BCUT2D eigenvalue weighted by molar-refractivity contribution is 7.73. The number of nitrogens with one attached hydrogen (secondary N) is 2. The van der Waals surface area contributed by atoms with Crippen LogP contribution in [-0.4, -0.2) is 21.5 Å². The van der Waals surface area contributed by atoms with Gasteiger partial charge in [0.05, 0.1) is 0 Å². The number of allylic oxidation sites excluding steroid dienone is 1. The van der Waals surface area contributed by atoms with Gasteiger partial charge in [0.15, 0.2) is 0 Å². The Hall–Kier alpha value is -2.11. The van der Waals surface area contributed by atoms with Crippen LogP contribution < -0.4 is 10.0 Å². The molecule has 0 aromatic heterocycles.